The number of hydrogen-bond acceptors (Lipinski definition) is 3. The summed E-state index contributed by atoms with van der Waals surface area (Å²) in [6, 6.07) is 0.617. The molecule has 0 saturated heterocycles. The third kappa shape index (κ3) is 4.09. The number of nitrogens with zero attached hydrogens (tertiary/aromatic N) is 3. The van der Waals surface area contributed by atoms with E-state index < -0.39 is 0 Å². The summed E-state index contributed by atoms with van der Waals surface area (Å²) in [6.07, 6.45) is 7.16. The number of aryl methyl sites for hydroxylation is 1. The largest absolute Gasteiger partial charge is 0.353 e. The van der Waals surface area contributed by atoms with E-state index in [9.17, 15) is 0 Å². The van der Waals surface area contributed by atoms with E-state index in [2.05, 4.69) is 37.6 Å². The number of aromatic nitrogens is 2. The third-order valence-electron chi connectivity index (χ3n) is 4.18. The molecule has 0 spiro atoms. The molecule has 2 rings (SSSR count). The van der Waals surface area contributed by atoms with Gasteiger partial charge >= 0.3 is 0 Å². The van der Waals surface area contributed by atoms with E-state index in [4.69, 9.17) is 16.6 Å². The summed E-state index contributed by atoms with van der Waals surface area (Å²) in [6.45, 7) is 9.79. The van der Waals surface area contributed by atoms with Gasteiger partial charge in [-0.2, -0.15) is 0 Å². The van der Waals surface area contributed by atoms with Crippen LogP contribution in [0.1, 0.15) is 64.3 Å². The van der Waals surface area contributed by atoms with E-state index in [0.29, 0.717) is 17.1 Å². The summed E-state index contributed by atoms with van der Waals surface area (Å²) in [5.74, 6) is 2.57. The molecule has 0 bridgehead atoms. The molecule has 3 nitrogen and oxygen atoms in total. The average molecular weight is 310 g/mol. The Balaban J connectivity index is 2.37. The molecule has 0 aliphatic heterocycles. The minimum atomic E-state index is 0.617. The van der Waals surface area contributed by atoms with Crippen molar-refractivity contribution in [1.82, 2.24) is 9.97 Å². The Morgan fingerprint density at radius 2 is 1.90 bits per heavy atom. The van der Waals surface area contributed by atoms with Gasteiger partial charge in [-0.15, -0.1) is 0 Å². The first-order chi connectivity index (χ1) is 10.0. The molecular formula is C17H28ClN3. The van der Waals surface area contributed by atoms with Crippen molar-refractivity contribution in [2.24, 2.45) is 5.92 Å². The zero-order valence-electron chi connectivity index (χ0n) is 13.8. The minimum absolute atomic E-state index is 0.617. The van der Waals surface area contributed by atoms with E-state index in [1.54, 1.807) is 0 Å². The van der Waals surface area contributed by atoms with Crippen LogP contribution in [0.3, 0.4) is 0 Å². The first-order valence-corrected chi connectivity index (χ1v) is 8.70. The summed E-state index contributed by atoms with van der Waals surface area (Å²) in [5, 5.41) is 0.621. The van der Waals surface area contributed by atoms with E-state index in [1.807, 2.05) is 0 Å². The van der Waals surface area contributed by atoms with Crippen LogP contribution in [0.25, 0.3) is 0 Å². The number of hydrogen-bond donors (Lipinski definition) is 0. The first-order valence-electron chi connectivity index (χ1n) is 8.32. The molecule has 1 aliphatic carbocycles. The molecule has 0 amide bonds. The van der Waals surface area contributed by atoms with Crippen molar-refractivity contribution in [1.29, 1.82) is 0 Å². The van der Waals surface area contributed by atoms with Gasteiger partial charge < -0.3 is 4.90 Å². The highest BCUT2D eigenvalue weighted by Gasteiger charge is 2.26. The molecule has 118 valence electrons. The van der Waals surface area contributed by atoms with Gasteiger partial charge in [-0.25, -0.2) is 9.97 Å². The number of rotatable bonds is 6. The van der Waals surface area contributed by atoms with E-state index in [1.165, 1.54) is 25.7 Å². The average Bonchev–Trinajstić information content (AvgIpc) is 2.94. The molecule has 1 aromatic heterocycles. The first kappa shape index (κ1) is 16.5. The SMILES string of the molecule is CCCc1nc(Cl)c(C)c(N(CC(C)C)C2CCCC2)n1. The monoisotopic (exact) mass is 309 g/mol. The lowest BCUT2D eigenvalue weighted by Crippen LogP contribution is -2.37. The van der Waals surface area contributed by atoms with Crippen molar-refractivity contribution in [3.8, 4) is 0 Å². The number of anilines is 1. The van der Waals surface area contributed by atoms with Crippen LogP contribution in [0, 0.1) is 12.8 Å². The predicted molar refractivity (Wildman–Crippen MR) is 90.2 cm³/mol. The fraction of sp³-hybridized carbons (Fsp3) is 0.765. The molecule has 1 saturated carbocycles. The second kappa shape index (κ2) is 7.44. The van der Waals surface area contributed by atoms with E-state index >= 15 is 0 Å². The Morgan fingerprint density at radius 3 is 2.48 bits per heavy atom. The van der Waals surface area contributed by atoms with Gasteiger partial charge in [-0.1, -0.05) is 45.2 Å². The Kier molecular flexibility index (Phi) is 5.86. The van der Waals surface area contributed by atoms with Gasteiger partial charge in [0.05, 0.1) is 0 Å². The Bertz CT molecular complexity index is 467. The summed E-state index contributed by atoms with van der Waals surface area (Å²) < 4.78 is 0. The molecule has 21 heavy (non-hydrogen) atoms. The van der Waals surface area contributed by atoms with E-state index in [0.717, 1.165) is 36.6 Å². The Morgan fingerprint density at radius 1 is 1.24 bits per heavy atom. The van der Waals surface area contributed by atoms with Gasteiger partial charge in [0, 0.05) is 24.6 Å². The molecule has 1 fully saturated rings. The molecule has 0 aromatic carbocycles. The highest BCUT2D eigenvalue weighted by molar-refractivity contribution is 6.30. The Hall–Kier alpha value is -0.830. The highest BCUT2D eigenvalue weighted by atomic mass is 35.5. The second-order valence-corrected chi connectivity index (χ2v) is 6.97. The summed E-state index contributed by atoms with van der Waals surface area (Å²) in [4.78, 5) is 11.8. The van der Waals surface area contributed by atoms with Crippen LogP contribution in [0.5, 0.6) is 0 Å². The molecule has 1 aliphatic rings. The lowest BCUT2D eigenvalue weighted by Gasteiger charge is -2.33. The fourth-order valence-corrected chi connectivity index (χ4v) is 3.34. The fourth-order valence-electron chi connectivity index (χ4n) is 3.15. The molecule has 4 heteroatoms. The van der Waals surface area contributed by atoms with Crippen LogP contribution >= 0.6 is 11.6 Å². The van der Waals surface area contributed by atoms with Gasteiger partial charge in [-0.3, -0.25) is 0 Å². The minimum Gasteiger partial charge on any atom is -0.353 e. The Labute approximate surface area is 134 Å². The maximum atomic E-state index is 6.36. The van der Waals surface area contributed by atoms with Gasteiger partial charge in [0.15, 0.2) is 0 Å². The van der Waals surface area contributed by atoms with Crippen molar-refractivity contribution >= 4 is 17.4 Å². The quantitative estimate of drug-likeness (QED) is 0.707. The van der Waals surface area contributed by atoms with Crippen LogP contribution < -0.4 is 4.90 Å². The summed E-state index contributed by atoms with van der Waals surface area (Å²) in [7, 11) is 0. The highest BCUT2D eigenvalue weighted by Crippen LogP contribution is 2.32. The van der Waals surface area contributed by atoms with Crippen LogP contribution in [0.4, 0.5) is 5.82 Å². The van der Waals surface area contributed by atoms with Crippen LogP contribution in [-0.2, 0) is 6.42 Å². The predicted octanol–water partition coefficient (Wildman–Crippen LogP) is 4.80. The van der Waals surface area contributed by atoms with Crippen molar-refractivity contribution in [3.63, 3.8) is 0 Å². The van der Waals surface area contributed by atoms with Crippen molar-refractivity contribution in [2.75, 3.05) is 11.4 Å². The molecule has 1 heterocycles. The van der Waals surface area contributed by atoms with Crippen LogP contribution in [0.2, 0.25) is 5.15 Å². The molecular weight excluding hydrogens is 282 g/mol. The lowest BCUT2D eigenvalue weighted by molar-refractivity contribution is 0.528. The van der Waals surface area contributed by atoms with Gasteiger partial charge in [0.25, 0.3) is 0 Å². The zero-order chi connectivity index (χ0) is 15.4. The molecule has 0 N–H and O–H groups in total. The van der Waals surface area contributed by atoms with Crippen molar-refractivity contribution in [3.05, 3.63) is 16.5 Å². The van der Waals surface area contributed by atoms with Crippen LogP contribution in [-0.4, -0.2) is 22.6 Å². The molecule has 0 radical (unpaired) electrons. The topological polar surface area (TPSA) is 29.0 Å². The van der Waals surface area contributed by atoms with Gasteiger partial charge in [0.2, 0.25) is 0 Å². The standard InChI is InChI=1S/C17H28ClN3/c1-5-8-15-19-16(18)13(4)17(20-15)21(11-12(2)3)14-9-6-7-10-14/h12,14H,5-11H2,1-4H3. The number of halogens is 1. The zero-order valence-corrected chi connectivity index (χ0v) is 14.6. The van der Waals surface area contributed by atoms with Crippen LogP contribution in [0.15, 0.2) is 0 Å². The molecule has 1 aromatic rings. The third-order valence-corrected chi connectivity index (χ3v) is 4.55. The summed E-state index contributed by atoms with van der Waals surface area (Å²) in [5.41, 5.74) is 1.03. The van der Waals surface area contributed by atoms with E-state index in [-0.39, 0.29) is 0 Å². The van der Waals surface area contributed by atoms with Crippen molar-refractivity contribution < 1.29 is 0 Å². The maximum absolute atomic E-state index is 6.36. The smallest absolute Gasteiger partial charge is 0.137 e. The van der Waals surface area contributed by atoms with Gasteiger partial charge in [0.1, 0.15) is 16.8 Å². The normalized spacial score (nSPS) is 15.9. The lowest BCUT2D eigenvalue weighted by atomic mass is 10.1. The molecule has 0 unspecified atom stereocenters. The maximum Gasteiger partial charge on any atom is 0.137 e. The second-order valence-electron chi connectivity index (χ2n) is 6.61. The van der Waals surface area contributed by atoms with Gasteiger partial charge in [-0.05, 0) is 32.1 Å². The van der Waals surface area contributed by atoms with Crippen molar-refractivity contribution in [2.45, 2.75) is 72.3 Å². The molecule has 0 atom stereocenters. The summed E-state index contributed by atoms with van der Waals surface area (Å²) >= 11 is 6.36.